The van der Waals surface area contributed by atoms with Gasteiger partial charge in [0.25, 0.3) is 0 Å². The lowest BCUT2D eigenvalue weighted by atomic mass is 10.4. The molecule has 44 valence electrons. The van der Waals surface area contributed by atoms with Gasteiger partial charge in [0.1, 0.15) is 0 Å². The van der Waals surface area contributed by atoms with Crippen LogP contribution in [0.1, 0.15) is 6.92 Å². The summed E-state index contributed by atoms with van der Waals surface area (Å²) in [6, 6.07) is 0.160. The Morgan fingerprint density at radius 1 is 1.86 bits per heavy atom. The molecule has 1 unspecified atom stereocenters. The van der Waals surface area contributed by atoms with Crippen molar-refractivity contribution in [2.75, 3.05) is 12.9 Å². The summed E-state index contributed by atoms with van der Waals surface area (Å²) in [5.74, 6) is 0. The van der Waals surface area contributed by atoms with Gasteiger partial charge in [-0.3, -0.25) is 0 Å². The van der Waals surface area contributed by atoms with Crippen LogP contribution in [0.3, 0.4) is 0 Å². The molecule has 0 aromatic heterocycles. The first-order valence-corrected chi connectivity index (χ1v) is 3.33. The molecule has 0 aliphatic heterocycles. The standard InChI is InChI=1S/C4H11NOS/c1-4(5)3-6-7-2/h4H,3,5H2,1-2H3. The molecule has 2 N–H and O–H groups in total. The topological polar surface area (TPSA) is 35.2 Å². The second-order valence-corrected chi connectivity index (χ2v) is 2.00. The van der Waals surface area contributed by atoms with Crippen LogP contribution >= 0.6 is 12.0 Å². The second kappa shape index (κ2) is 4.43. The fourth-order valence-corrected chi connectivity index (χ4v) is 0.526. The Bertz CT molecular complexity index is 40.7. The molecule has 0 rings (SSSR count). The molecular weight excluding hydrogens is 110 g/mol. The smallest absolute Gasteiger partial charge is 0.0762 e. The average Bonchev–Trinajstić information content (AvgIpc) is 1.61. The minimum Gasteiger partial charge on any atom is -0.326 e. The van der Waals surface area contributed by atoms with E-state index >= 15 is 0 Å². The Labute approximate surface area is 48.6 Å². The molecule has 0 aliphatic rings. The highest BCUT2D eigenvalue weighted by Gasteiger charge is 1.89. The van der Waals surface area contributed by atoms with Crippen molar-refractivity contribution in [2.24, 2.45) is 5.73 Å². The predicted octanol–water partition coefficient (Wildman–Crippen LogP) is 0.628. The summed E-state index contributed by atoms with van der Waals surface area (Å²) in [6.07, 6.45) is 1.88. The van der Waals surface area contributed by atoms with Crippen LogP contribution in [0, 0.1) is 0 Å². The number of hydrogen-bond acceptors (Lipinski definition) is 3. The minimum atomic E-state index is 0.160. The van der Waals surface area contributed by atoms with Crippen molar-refractivity contribution >= 4 is 12.0 Å². The third-order valence-corrected chi connectivity index (χ3v) is 0.821. The van der Waals surface area contributed by atoms with Gasteiger partial charge in [-0.25, -0.2) is 0 Å². The minimum absolute atomic E-state index is 0.160. The maximum atomic E-state index is 5.34. The van der Waals surface area contributed by atoms with Crippen LogP contribution in [0.4, 0.5) is 0 Å². The van der Waals surface area contributed by atoms with E-state index in [0.29, 0.717) is 6.61 Å². The highest BCUT2D eigenvalue weighted by Crippen LogP contribution is 1.93. The summed E-state index contributed by atoms with van der Waals surface area (Å²) < 4.78 is 4.89. The van der Waals surface area contributed by atoms with Gasteiger partial charge in [0.2, 0.25) is 0 Å². The largest absolute Gasteiger partial charge is 0.326 e. The molecule has 0 aromatic rings. The lowest BCUT2D eigenvalue weighted by molar-refractivity contribution is 0.348. The third-order valence-electron chi connectivity index (χ3n) is 0.449. The van der Waals surface area contributed by atoms with E-state index in [1.165, 1.54) is 12.0 Å². The molecular formula is C4H11NOS. The van der Waals surface area contributed by atoms with E-state index in [1.54, 1.807) is 0 Å². The van der Waals surface area contributed by atoms with Gasteiger partial charge in [-0.1, -0.05) is 0 Å². The van der Waals surface area contributed by atoms with Gasteiger partial charge in [-0.2, -0.15) is 0 Å². The van der Waals surface area contributed by atoms with E-state index in [0.717, 1.165) is 0 Å². The lowest BCUT2D eigenvalue weighted by Crippen LogP contribution is -2.19. The van der Waals surface area contributed by atoms with Gasteiger partial charge >= 0.3 is 0 Å². The highest BCUT2D eigenvalue weighted by atomic mass is 32.2. The van der Waals surface area contributed by atoms with Gasteiger partial charge in [-0.15, -0.1) is 0 Å². The summed E-state index contributed by atoms with van der Waals surface area (Å²) in [5, 5.41) is 0. The van der Waals surface area contributed by atoms with Crippen molar-refractivity contribution in [1.82, 2.24) is 0 Å². The molecule has 3 heteroatoms. The molecule has 2 nitrogen and oxygen atoms in total. The lowest BCUT2D eigenvalue weighted by Gasteiger charge is -2.00. The molecule has 0 aromatic carbocycles. The van der Waals surface area contributed by atoms with E-state index in [2.05, 4.69) is 0 Å². The number of hydrogen-bond donors (Lipinski definition) is 1. The van der Waals surface area contributed by atoms with Crippen molar-refractivity contribution in [1.29, 1.82) is 0 Å². The quantitative estimate of drug-likeness (QED) is 0.556. The van der Waals surface area contributed by atoms with E-state index in [4.69, 9.17) is 9.92 Å². The van der Waals surface area contributed by atoms with Gasteiger partial charge < -0.3 is 9.92 Å². The van der Waals surface area contributed by atoms with Gasteiger partial charge in [0, 0.05) is 12.3 Å². The Balaban J connectivity index is 2.68. The molecule has 0 bridgehead atoms. The maximum Gasteiger partial charge on any atom is 0.0762 e. The number of nitrogens with two attached hydrogens (primary N) is 1. The van der Waals surface area contributed by atoms with Crippen LogP contribution in [-0.2, 0) is 4.18 Å². The van der Waals surface area contributed by atoms with Crippen LogP contribution in [0.15, 0.2) is 0 Å². The first kappa shape index (κ1) is 7.27. The summed E-state index contributed by atoms with van der Waals surface area (Å²) in [6.45, 7) is 2.55. The zero-order valence-electron chi connectivity index (χ0n) is 4.68. The van der Waals surface area contributed by atoms with Crippen molar-refractivity contribution in [3.63, 3.8) is 0 Å². The van der Waals surface area contributed by atoms with Crippen molar-refractivity contribution < 1.29 is 4.18 Å². The zero-order valence-corrected chi connectivity index (χ0v) is 5.49. The zero-order chi connectivity index (χ0) is 5.70. The fourth-order valence-electron chi connectivity index (χ4n) is 0.175. The van der Waals surface area contributed by atoms with E-state index in [-0.39, 0.29) is 6.04 Å². The fraction of sp³-hybridized carbons (Fsp3) is 1.00. The molecule has 0 heterocycles. The van der Waals surface area contributed by atoms with Gasteiger partial charge in [0.05, 0.1) is 6.61 Å². The van der Waals surface area contributed by atoms with Gasteiger partial charge in [0.15, 0.2) is 0 Å². The molecule has 1 atom stereocenters. The molecule has 0 amide bonds. The molecule has 7 heavy (non-hydrogen) atoms. The summed E-state index contributed by atoms with van der Waals surface area (Å²) >= 11 is 1.35. The van der Waals surface area contributed by atoms with Crippen molar-refractivity contribution in [3.8, 4) is 0 Å². The van der Waals surface area contributed by atoms with Crippen LogP contribution in [0.5, 0.6) is 0 Å². The molecule has 0 radical (unpaired) electrons. The van der Waals surface area contributed by atoms with Crippen LogP contribution < -0.4 is 5.73 Å². The Morgan fingerprint density at radius 3 is 2.57 bits per heavy atom. The maximum absolute atomic E-state index is 5.34. The molecule has 0 saturated heterocycles. The highest BCUT2D eigenvalue weighted by molar-refractivity contribution is 7.93. The van der Waals surface area contributed by atoms with E-state index in [1.807, 2.05) is 13.2 Å². The van der Waals surface area contributed by atoms with Crippen LogP contribution in [0.25, 0.3) is 0 Å². The molecule has 0 spiro atoms. The monoisotopic (exact) mass is 121 g/mol. The third kappa shape index (κ3) is 6.27. The first-order chi connectivity index (χ1) is 3.27. The SMILES string of the molecule is CSOCC(C)N. The summed E-state index contributed by atoms with van der Waals surface area (Å²) in [4.78, 5) is 0. The first-order valence-electron chi connectivity index (χ1n) is 2.18. The average molecular weight is 121 g/mol. The van der Waals surface area contributed by atoms with Gasteiger partial charge in [-0.05, 0) is 19.0 Å². The Morgan fingerprint density at radius 2 is 2.43 bits per heavy atom. The Kier molecular flexibility index (Phi) is 4.60. The normalized spacial score (nSPS) is 14.1. The van der Waals surface area contributed by atoms with Crippen molar-refractivity contribution in [2.45, 2.75) is 13.0 Å². The second-order valence-electron chi connectivity index (χ2n) is 1.43. The molecule has 0 aliphatic carbocycles. The van der Waals surface area contributed by atoms with Crippen molar-refractivity contribution in [3.05, 3.63) is 0 Å². The van der Waals surface area contributed by atoms with Crippen LogP contribution in [-0.4, -0.2) is 18.9 Å². The molecule has 0 fully saturated rings. The summed E-state index contributed by atoms with van der Waals surface area (Å²) in [7, 11) is 0. The van der Waals surface area contributed by atoms with E-state index < -0.39 is 0 Å². The summed E-state index contributed by atoms with van der Waals surface area (Å²) in [5.41, 5.74) is 5.34. The Hall–Kier alpha value is 0.270. The number of rotatable bonds is 3. The van der Waals surface area contributed by atoms with Crippen LogP contribution in [0.2, 0.25) is 0 Å². The predicted molar refractivity (Wildman–Crippen MR) is 33.1 cm³/mol. The van der Waals surface area contributed by atoms with E-state index in [9.17, 15) is 0 Å². The molecule has 0 saturated carbocycles.